The van der Waals surface area contributed by atoms with Gasteiger partial charge in [-0.15, -0.1) is 0 Å². The number of amides is 2. The lowest BCUT2D eigenvalue weighted by atomic mass is 10.2. The molecular formula is C18H18ClF2N3O2. The van der Waals surface area contributed by atoms with Crippen LogP contribution in [0.15, 0.2) is 36.4 Å². The quantitative estimate of drug-likeness (QED) is 0.874. The number of hydrogen-bond acceptors (Lipinski definition) is 3. The first-order chi connectivity index (χ1) is 12.5. The van der Waals surface area contributed by atoms with Crippen molar-refractivity contribution in [3.63, 3.8) is 0 Å². The van der Waals surface area contributed by atoms with Gasteiger partial charge in [0.1, 0.15) is 5.75 Å². The fraction of sp³-hybridized carbons (Fsp3) is 0.278. The second-order valence-electron chi connectivity index (χ2n) is 5.85. The molecule has 1 fully saturated rings. The normalized spacial score (nSPS) is 14.3. The van der Waals surface area contributed by atoms with Gasteiger partial charge < -0.3 is 19.9 Å². The molecule has 3 rings (SSSR count). The molecule has 1 saturated heterocycles. The summed E-state index contributed by atoms with van der Waals surface area (Å²) >= 11 is 5.97. The second-order valence-corrected chi connectivity index (χ2v) is 6.28. The highest BCUT2D eigenvalue weighted by atomic mass is 35.5. The van der Waals surface area contributed by atoms with Crippen LogP contribution in [0.1, 0.15) is 0 Å². The van der Waals surface area contributed by atoms with Crippen molar-refractivity contribution in [3.05, 3.63) is 53.1 Å². The Balaban J connectivity index is 1.62. The average molecular weight is 382 g/mol. The lowest BCUT2D eigenvalue weighted by Crippen LogP contribution is -2.50. The van der Waals surface area contributed by atoms with E-state index in [1.54, 1.807) is 23.1 Å². The number of rotatable bonds is 3. The van der Waals surface area contributed by atoms with E-state index in [9.17, 15) is 13.6 Å². The highest BCUT2D eigenvalue weighted by Crippen LogP contribution is 2.28. The van der Waals surface area contributed by atoms with E-state index >= 15 is 0 Å². The van der Waals surface area contributed by atoms with Gasteiger partial charge in [-0.25, -0.2) is 13.6 Å². The summed E-state index contributed by atoms with van der Waals surface area (Å²) in [5.41, 5.74) is 1.09. The molecule has 1 aliphatic rings. The van der Waals surface area contributed by atoms with Crippen LogP contribution in [0.2, 0.25) is 5.02 Å². The van der Waals surface area contributed by atoms with Crippen LogP contribution >= 0.6 is 11.6 Å². The standard InChI is InChI=1S/C18H18ClF2N3O2/c1-26-17-5-2-12(19)10-16(17)22-18(25)24-8-6-23(7-9-24)13-3-4-14(20)15(21)11-13/h2-5,10-11H,6-9H2,1H3,(H,22,25). The Hall–Kier alpha value is -2.54. The first kappa shape index (κ1) is 18.3. The Labute approximate surface area is 155 Å². The minimum absolute atomic E-state index is 0.268. The average Bonchev–Trinajstić information content (AvgIpc) is 2.64. The molecule has 0 atom stereocenters. The third-order valence-corrected chi connectivity index (χ3v) is 4.47. The van der Waals surface area contributed by atoms with E-state index in [2.05, 4.69) is 5.32 Å². The Bertz CT molecular complexity index is 811. The summed E-state index contributed by atoms with van der Waals surface area (Å²) in [4.78, 5) is 16.0. The van der Waals surface area contributed by atoms with Crippen molar-refractivity contribution in [2.75, 3.05) is 43.5 Å². The zero-order valence-corrected chi connectivity index (χ0v) is 14.9. The molecule has 1 heterocycles. The summed E-state index contributed by atoms with van der Waals surface area (Å²) in [6.45, 7) is 1.94. The molecule has 2 aromatic carbocycles. The molecule has 138 valence electrons. The number of piperazine rings is 1. The van der Waals surface area contributed by atoms with Gasteiger partial charge in [0, 0.05) is 43.0 Å². The summed E-state index contributed by atoms with van der Waals surface area (Å²) in [7, 11) is 1.51. The number of nitrogens with zero attached hydrogens (tertiary/aromatic N) is 2. The molecule has 0 radical (unpaired) electrons. The topological polar surface area (TPSA) is 44.8 Å². The van der Waals surface area contributed by atoms with Crippen LogP contribution < -0.4 is 15.0 Å². The molecule has 1 aliphatic heterocycles. The molecule has 1 N–H and O–H groups in total. The van der Waals surface area contributed by atoms with Gasteiger partial charge in [-0.05, 0) is 30.3 Å². The largest absolute Gasteiger partial charge is 0.495 e. The van der Waals surface area contributed by atoms with Crippen molar-refractivity contribution in [2.45, 2.75) is 0 Å². The maximum Gasteiger partial charge on any atom is 0.322 e. The summed E-state index contributed by atoms with van der Waals surface area (Å²) in [6, 6.07) is 8.52. The number of halogens is 3. The van der Waals surface area contributed by atoms with Crippen LogP contribution in [0.3, 0.4) is 0 Å². The van der Waals surface area contributed by atoms with Crippen molar-refractivity contribution in [3.8, 4) is 5.75 Å². The third kappa shape index (κ3) is 3.99. The first-order valence-corrected chi connectivity index (χ1v) is 8.45. The van der Waals surface area contributed by atoms with E-state index in [0.717, 1.165) is 6.07 Å². The van der Waals surface area contributed by atoms with Crippen LogP contribution in [0.5, 0.6) is 5.75 Å². The summed E-state index contributed by atoms with van der Waals surface area (Å²) in [5.74, 6) is -1.24. The Morgan fingerprint density at radius 3 is 2.46 bits per heavy atom. The highest BCUT2D eigenvalue weighted by Gasteiger charge is 2.22. The van der Waals surface area contributed by atoms with Gasteiger partial charge >= 0.3 is 6.03 Å². The van der Waals surface area contributed by atoms with E-state index in [0.29, 0.717) is 48.3 Å². The van der Waals surface area contributed by atoms with E-state index in [1.807, 2.05) is 4.90 Å². The SMILES string of the molecule is COc1ccc(Cl)cc1NC(=O)N1CCN(c2ccc(F)c(F)c2)CC1. The zero-order chi connectivity index (χ0) is 18.7. The molecule has 8 heteroatoms. The van der Waals surface area contributed by atoms with E-state index in [-0.39, 0.29) is 6.03 Å². The van der Waals surface area contributed by atoms with Crippen molar-refractivity contribution < 1.29 is 18.3 Å². The number of ether oxygens (including phenoxy) is 1. The van der Waals surface area contributed by atoms with Crippen LogP contribution in [-0.2, 0) is 0 Å². The number of carbonyl (C=O) groups is 1. The number of benzene rings is 2. The Morgan fingerprint density at radius 1 is 1.08 bits per heavy atom. The Morgan fingerprint density at radius 2 is 1.81 bits per heavy atom. The minimum Gasteiger partial charge on any atom is -0.495 e. The zero-order valence-electron chi connectivity index (χ0n) is 14.1. The molecule has 5 nitrogen and oxygen atoms in total. The Kier molecular flexibility index (Phi) is 5.46. The highest BCUT2D eigenvalue weighted by molar-refractivity contribution is 6.31. The summed E-state index contributed by atoms with van der Waals surface area (Å²) < 4.78 is 31.7. The van der Waals surface area contributed by atoms with Crippen LogP contribution in [0.4, 0.5) is 25.0 Å². The summed E-state index contributed by atoms with van der Waals surface area (Å²) in [6.07, 6.45) is 0. The maximum atomic E-state index is 13.4. The van der Waals surface area contributed by atoms with Gasteiger partial charge in [0.25, 0.3) is 0 Å². The molecule has 0 spiro atoms. The predicted molar refractivity (Wildman–Crippen MR) is 97.2 cm³/mol. The fourth-order valence-electron chi connectivity index (χ4n) is 2.82. The van der Waals surface area contributed by atoms with Gasteiger partial charge in [-0.3, -0.25) is 0 Å². The van der Waals surface area contributed by atoms with Crippen molar-refractivity contribution in [1.29, 1.82) is 0 Å². The number of urea groups is 1. The van der Waals surface area contributed by atoms with Crippen LogP contribution in [0.25, 0.3) is 0 Å². The number of hydrogen-bond donors (Lipinski definition) is 1. The van der Waals surface area contributed by atoms with Gasteiger partial charge in [0.05, 0.1) is 12.8 Å². The molecule has 0 aromatic heterocycles. The lowest BCUT2D eigenvalue weighted by molar-refractivity contribution is 0.208. The second kappa shape index (κ2) is 7.78. The number of carbonyl (C=O) groups excluding carboxylic acids is 1. The molecular weight excluding hydrogens is 364 g/mol. The van der Waals surface area contributed by atoms with E-state index < -0.39 is 11.6 Å². The maximum absolute atomic E-state index is 13.4. The van der Waals surface area contributed by atoms with Gasteiger partial charge in [-0.2, -0.15) is 0 Å². The van der Waals surface area contributed by atoms with Crippen LogP contribution in [-0.4, -0.2) is 44.2 Å². The van der Waals surface area contributed by atoms with E-state index in [1.165, 1.54) is 19.2 Å². The molecule has 0 aliphatic carbocycles. The minimum atomic E-state index is -0.879. The smallest absolute Gasteiger partial charge is 0.322 e. The molecule has 2 aromatic rings. The van der Waals surface area contributed by atoms with Crippen molar-refractivity contribution in [2.24, 2.45) is 0 Å². The molecule has 0 saturated carbocycles. The van der Waals surface area contributed by atoms with Gasteiger partial charge in [0.15, 0.2) is 11.6 Å². The number of anilines is 2. The number of nitrogens with one attached hydrogen (secondary N) is 1. The third-order valence-electron chi connectivity index (χ3n) is 4.24. The molecule has 0 unspecified atom stereocenters. The fourth-order valence-corrected chi connectivity index (χ4v) is 2.99. The molecule has 0 bridgehead atoms. The summed E-state index contributed by atoms with van der Waals surface area (Å²) in [5, 5.41) is 3.28. The van der Waals surface area contributed by atoms with Crippen molar-refractivity contribution >= 4 is 29.0 Å². The molecule has 2 amide bonds. The van der Waals surface area contributed by atoms with Crippen molar-refractivity contribution in [1.82, 2.24) is 4.90 Å². The van der Waals surface area contributed by atoms with Crippen LogP contribution in [0, 0.1) is 11.6 Å². The predicted octanol–water partition coefficient (Wildman–Crippen LogP) is 3.98. The first-order valence-electron chi connectivity index (χ1n) is 8.07. The van der Waals surface area contributed by atoms with Gasteiger partial charge in [0.2, 0.25) is 0 Å². The van der Waals surface area contributed by atoms with Gasteiger partial charge in [-0.1, -0.05) is 11.6 Å². The monoisotopic (exact) mass is 381 g/mol. The molecule has 26 heavy (non-hydrogen) atoms. The lowest BCUT2D eigenvalue weighted by Gasteiger charge is -2.36. The number of methoxy groups -OCH3 is 1. The van der Waals surface area contributed by atoms with E-state index in [4.69, 9.17) is 16.3 Å².